The predicted molar refractivity (Wildman–Crippen MR) is 139 cm³/mol. The van der Waals surface area contributed by atoms with Crippen LogP contribution in [0, 0.1) is 5.92 Å². The fraction of sp³-hybridized carbons (Fsp3) is 0.704. The maximum atomic E-state index is 12.3. The Morgan fingerprint density at radius 1 is 1.27 bits per heavy atom. The second kappa shape index (κ2) is 13.0. The van der Waals surface area contributed by atoms with Crippen molar-refractivity contribution < 1.29 is 33.6 Å². The van der Waals surface area contributed by atoms with Crippen molar-refractivity contribution in [3.8, 4) is 0 Å². The predicted octanol–water partition coefficient (Wildman–Crippen LogP) is 1.72. The van der Waals surface area contributed by atoms with E-state index in [2.05, 4.69) is 23.6 Å². The van der Waals surface area contributed by atoms with E-state index in [0.717, 1.165) is 18.4 Å². The molecule has 0 aliphatic carbocycles. The number of methoxy groups -OCH3 is 1. The van der Waals surface area contributed by atoms with Crippen LogP contribution in [0.4, 0.5) is 4.79 Å². The van der Waals surface area contributed by atoms with Crippen LogP contribution in [0.3, 0.4) is 0 Å². The molecule has 5 N–H and O–H groups in total. The third kappa shape index (κ3) is 8.38. The SMILES string of the molecule is CO[C@@H](C)/C=C\C(=O)N[C@@H]1C[C@H](C)[C@H](C/C=C(C)/C=C/[C@H]2O[C@H](CNC(N)=O)C[C@@]3(CO3)[C@@H]2O)O[C@@H]1C. The lowest BCUT2D eigenvalue weighted by Gasteiger charge is -2.39. The first-order valence-electron chi connectivity index (χ1n) is 13.1. The minimum atomic E-state index is -0.774. The van der Waals surface area contributed by atoms with Gasteiger partial charge in [0.25, 0.3) is 0 Å². The number of nitrogens with two attached hydrogens (primary N) is 1. The number of rotatable bonds is 10. The molecule has 0 unspecified atom stereocenters. The van der Waals surface area contributed by atoms with E-state index in [1.54, 1.807) is 13.2 Å². The molecule has 3 saturated heterocycles. The second-order valence-corrected chi connectivity index (χ2v) is 10.5. The standard InChI is InChI=1S/C27H43N3O7/c1-16(7-10-23-25(32)27(15-35-27)13-20(37-23)14-29-26(28)33)6-9-22-17(2)12-21(19(4)36-22)30-24(31)11-8-18(3)34-5/h6-8,10-11,17-23,25,32H,9,12-15H2,1-5H3,(H,30,31)(H3,28,29,33)/b10-7+,11-8-,16-6+/t17-,18-,19+,20-,21+,22-,23+,25+,27+/m0/s1. The number of hydrogen-bond donors (Lipinski definition) is 4. The average Bonchev–Trinajstić information content (AvgIpc) is 3.63. The Hall–Kier alpha value is -2.24. The molecule has 3 aliphatic heterocycles. The maximum absolute atomic E-state index is 12.3. The molecular weight excluding hydrogens is 478 g/mol. The minimum absolute atomic E-state index is 0.0412. The molecule has 0 radical (unpaired) electrons. The van der Waals surface area contributed by atoms with E-state index < -0.39 is 23.8 Å². The molecule has 9 atom stereocenters. The van der Waals surface area contributed by atoms with Crippen molar-refractivity contribution in [3.05, 3.63) is 36.0 Å². The summed E-state index contributed by atoms with van der Waals surface area (Å²) in [5.74, 6) is 0.124. The van der Waals surface area contributed by atoms with Crippen LogP contribution in [0.5, 0.6) is 0 Å². The topological polar surface area (TPSA) is 145 Å². The highest BCUT2D eigenvalue weighted by atomic mass is 16.6. The molecule has 3 rings (SSSR count). The third-order valence-corrected chi connectivity index (χ3v) is 7.45. The molecule has 0 aromatic heterocycles. The summed E-state index contributed by atoms with van der Waals surface area (Å²) >= 11 is 0. The molecule has 10 heteroatoms. The van der Waals surface area contributed by atoms with Gasteiger partial charge < -0.3 is 40.4 Å². The van der Waals surface area contributed by atoms with Crippen molar-refractivity contribution in [2.75, 3.05) is 20.3 Å². The normalized spacial score (nSPS) is 37.1. The summed E-state index contributed by atoms with van der Waals surface area (Å²) in [6.45, 7) is 8.74. The molecule has 3 amide bonds. The fourth-order valence-electron chi connectivity index (χ4n) is 4.88. The van der Waals surface area contributed by atoms with Crippen LogP contribution in [-0.4, -0.2) is 85.6 Å². The van der Waals surface area contributed by atoms with Gasteiger partial charge in [0.2, 0.25) is 5.91 Å². The summed E-state index contributed by atoms with van der Waals surface area (Å²) < 4.78 is 22.9. The first-order valence-corrected chi connectivity index (χ1v) is 13.1. The number of carbonyl (C=O) groups excluding carboxylic acids is 2. The van der Waals surface area contributed by atoms with E-state index in [1.807, 2.05) is 32.9 Å². The number of ether oxygens (including phenoxy) is 4. The minimum Gasteiger partial charge on any atom is -0.387 e. The number of amides is 3. The van der Waals surface area contributed by atoms with Crippen molar-refractivity contribution >= 4 is 11.9 Å². The highest BCUT2D eigenvalue weighted by Gasteiger charge is 2.58. The molecule has 0 aromatic carbocycles. The van der Waals surface area contributed by atoms with Crippen LogP contribution < -0.4 is 16.4 Å². The fourth-order valence-corrected chi connectivity index (χ4v) is 4.88. The molecule has 10 nitrogen and oxygen atoms in total. The number of allylic oxidation sites excluding steroid dienone is 2. The highest BCUT2D eigenvalue weighted by molar-refractivity contribution is 5.87. The first-order chi connectivity index (χ1) is 17.5. The largest absolute Gasteiger partial charge is 0.387 e. The van der Waals surface area contributed by atoms with Gasteiger partial charge in [0, 0.05) is 26.2 Å². The van der Waals surface area contributed by atoms with Crippen LogP contribution in [0.1, 0.15) is 47.0 Å². The van der Waals surface area contributed by atoms with Crippen LogP contribution >= 0.6 is 0 Å². The van der Waals surface area contributed by atoms with Gasteiger partial charge in [0.15, 0.2) is 0 Å². The van der Waals surface area contributed by atoms with Gasteiger partial charge >= 0.3 is 6.03 Å². The summed E-state index contributed by atoms with van der Waals surface area (Å²) in [5.41, 5.74) is 5.59. The van der Waals surface area contributed by atoms with Gasteiger partial charge in [0.1, 0.15) is 17.8 Å². The summed E-state index contributed by atoms with van der Waals surface area (Å²) in [4.78, 5) is 23.3. The van der Waals surface area contributed by atoms with E-state index in [1.165, 1.54) is 6.08 Å². The molecule has 208 valence electrons. The van der Waals surface area contributed by atoms with Gasteiger partial charge in [-0.05, 0) is 39.5 Å². The Balaban J connectivity index is 1.51. The van der Waals surface area contributed by atoms with Crippen molar-refractivity contribution in [3.63, 3.8) is 0 Å². The Labute approximate surface area is 219 Å². The lowest BCUT2D eigenvalue weighted by Crippen LogP contribution is -2.53. The van der Waals surface area contributed by atoms with Gasteiger partial charge in [0.05, 0.1) is 37.1 Å². The zero-order chi connectivity index (χ0) is 27.2. The van der Waals surface area contributed by atoms with Gasteiger partial charge in [-0.2, -0.15) is 0 Å². The second-order valence-electron chi connectivity index (χ2n) is 10.5. The van der Waals surface area contributed by atoms with Crippen LogP contribution in [0.25, 0.3) is 0 Å². The number of epoxide rings is 1. The molecule has 37 heavy (non-hydrogen) atoms. The van der Waals surface area contributed by atoms with Gasteiger partial charge in [-0.3, -0.25) is 4.79 Å². The molecule has 3 heterocycles. The number of urea groups is 1. The number of carbonyl (C=O) groups is 2. The first kappa shape index (κ1) is 29.3. The smallest absolute Gasteiger partial charge is 0.312 e. The summed E-state index contributed by atoms with van der Waals surface area (Å²) in [7, 11) is 1.60. The van der Waals surface area contributed by atoms with E-state index in [9.17, 15) is 14.7 Å². The highest BCUT2D eigenvalue weighted by Crippen LogP contribution is 2.42. The molecule has 0 bridgehead atoms. The van der Waals surface area contributed by atoms with Gasteiger partial charge in [-0.15, -0.1) is 0 Å². The number of aliphatic hydroxyl groups excluding tert-OH is 1. The van der Waals surface area contributed by atoms with Crippen LogP contribution in [0.15, 0.2) is 36.0 Å². The van der Waals surface area contributed by atoms with E-state index in [0.29, 0.717) is 13.0 Å². The molecular formula is C27H43N3O7. The third-order valence-electron chi connectivity index (χ3n) is 7.45. The van der Waals surface area contributed by atoms with E-state index in [-0.39, 0.29) is 48.8 Å². The van der Waals surface area contributed by atoms with Crippen molar-refractivity contribution in [1.29, 1.82) is 0 Å². The number of primary amides is 1. The van der Waals surface area contributed by atoms with Crippen molar-refractivity contribution in [1.82, 2.24) is 10.6 Å². The van der Waals surface area contributed by atoms with Crippen molar-refractivity contribution in [2.45, 2.75) is 95.2 Å². The van der Waals surface area contributed by atoms with E-state index in [4.69, 9.17) is 24.7 Å². The average molecular weight is 522 g/mol. The Morgan fingerprint density at radius 2 is 2.00 bits per heavy atom. The molecule has 3 fully saturated rings. The van der Waals surface area contributed by atoms with E-state index >= 15 is 0 Å². The summed E-state index contributed by atoms with van der Waals surface area (Å²) in [5, 5.41) is 16.3. The molecule has 3 aliphatic rings. The Morgan fingerprint density at radius 3 is 2.65 bits per heavy atom. The quantitative estimate of drug-likeness (QED) is 0.195. The van der Waals surface area contributed by atoms with Gasteiger partial charge in [-0.25, -0.2) is 4.79 Å². The molecule has 1 spiro atoms. The molecule has 0 aromatic rings. The van der Waals surface area contributed by atoms with Crippen LogP contribution in [-0.2, 0) is 23.7 Å². The maximum Gasteiger partial charge on any atom is 0.312 e. The number of aliphatic hydroxyl groups is 1. The zero-order valence-electron chi connectivity index (χ0n) is 22.5. The lowest BCUT2D eigenvalue weighted by atomic mass is 9.87. The Bertz CT molecular complexity index is 885. The number of nitrogens with one attached hydrogen (secondary N) is 2. The summed E-state index contributed by atoms with van der Waals surface area (Å²) in [6.07, 6.45) is 9.41. The Kier molecular flexibility index (Phi) is 10.3. The monoisotopic (exact) mass is 521 g/mol. The lowest BCUT2D eigenvalue weighted by molar-refractivity contribution is -0.130. The molecule has 0 saturated carbocycles. The number of hydrogen-bond acceptors (Lipinski definition) is 7. The van der Waals surface area contributed by atoms with Crippen LogP contribution in [0.2, 0.25) is 0 Å². The van der Waals surface area contributed by atoms with Crippen molar-refractivity contribution in [2.24, 2.45) is 11.7 Å². The summed E-state index contributed by atoms with van der Waals surface area (Å²) in [6, 6.07) is -0.660. The zero-order valence-corrected chi connectivity index (χ0v) is 22.5. The van der Waals surface area contributed by atoms with Gasteiger partial charge in [-0.1, -0.05) is 36.8 Å².